The Labute approximate surface area is 167 Å². The fraction of sp³-hybridized carbons (Fsp3) is 0.682. The van der Waals surface area contributed by atoms with Crippen LogP contribution >= 0.6 is 0 Å². The minimum atomic E-state index is -1.14. The molecule has 0 bridgehead atoms. The minimum Gasteiger partial charge on any atom is -0.598 e. The summed E-state index contributed by atoms with van der Waals surface area (Å²) in [4.78, 5) is 2.56. The third-order valence-electron chi connectivity index (χ3n) is 6.23. The molecule has 27 heavy (non-hydrogen) atoms. The van der Waals surface area contributed by atoms with E-state index in [0.29, 0.717) is 5.56 Å². The quantitative estimate of drug-likeness (QED) is 0.777. The summed E-state index contributed by atoms with van der Waals surface area (Å²) in [5, 5.41) is 9.36. The predicted molar refractivity (Wildman–Crippen MR) is 112 cm³/mol. The molecule has 0 radical (unpaired) electrons. The Balaban J connectivity index is 1.93. The fourth-order valence-corrected chi connectivity index (χ4v) is 5.41. The van der Waals surface area contributed by atoms with Gasteiger partial charge in [0, 0.05) is 22.3 Å². The standard InChI is InChI=1S/C22H33N3OS/c1-20(2,3)25-11-9-22(10-12-25)14-17-8-7-16(15-23)13-18(17)19(22)24-27(26)21(4,5)6/h7-8,13,19,24H,9-12,14H2,1-6H3. The zero-order chi connectivity index (χ0) is 20.0. The number of fused-ring (bicyclic) bond motifs is 1. The second-order valence-corrected chi connectivity index (χ2v) is 12.2. The van der Waals surface area contributed by atoms with E-state index >= 15 is 0 Å². The molecule has 0 aromatic heterocycles. The van der Waals surface area contributed by atoms with Gasteiger partial charge in [0.1, 0.15) is 4.75 Å². The van der Waals surface area contributed by atoms with E-state index < -0.39 is 11.4 Å². The number of nitriles is 1. The molecule has 2 unspecified atom stereocenters. The number of benzene rings is 1. The molecule has 1 heterocycles. The van der Waals surface area contributed by atoms with Crippen molar-refractivity contribution in [2.75, 3.05) is 13.1 Å². The first-order valence-corrected chi connectivity index (χ1v) is 11.1. The first kappa shape index (κ1) is 20.7. The molecule has 4 nitrogen and oxygen atoms in total. The summed E-state index contributed by atoms with van der Waals surface area (Å²) in [7, 11) is 0. The van der Waals surface area contributed by atoms with Crippen molar-refractivity contribution in [2.45, 2.75) is 77.1 Å². The van der Waals surface area contributed by atoms with Crippen LogP contribution in [0.4, 0.5) is 0 Å². The highest BCUT2D eigenvalue weighted by Crippen LogP contribution is 2.53. The summed E-state index contributed by atoms with van der Waals surface area (Å²) in [6.07, 6.45) is 3.17. The maximum absolute atomic E-state index is 13.0. The molecule has 1 saturated heterocycles. The monoisotopic (exact) mass is 387 g/mol. The summed E-state index contributed by atoms with van der Waals surface area (Å²) < 4.78 is 16.1. The molecule has 3 rings (SSSR count). The van der Waals surface area contributed by atoms with E-state index in [0.717, 1.165) is 32.4 Å². The molecule has 1 spiro atoms. The first-order valence-electron chi connectivity index (χ1n) is 9.92. The third-order valence-corrected chi connectivity index (χ3v) is 7.79. The Morgan fingerprint density at radius 2 is 1.81 bits per heavy atom. The van der Waals surface area contributed by atoms with Gasteiger partial charge in [-0.2, -0.15) is 5.26 Å². The Hall–Kier alpha value is -1.06. The van der Waals surface area contributed by atoms with Crippen LogP contribution in [0.15, 0.2) is 18.2 Å². The number of hydrogen-bond acceptors (Lipinski definition) is 4. The van der Waals surface area contributed by atoms with Gasteiger partial charge in [-0.3, -0.25) is 4.90 Å². The molecule has 0 saturated carbocycles. The van der Waals surface area contributed by atoms with Crippen LogP contribution in [0.2, 0.25) is 0 Å². The van der Waals surface area contributed by atoms with Crippen molar-refractivity contribution in [2.24, 2.45) is 5.41 Å². The van der Waals surface area contributed by atoms with Gasteiger partial charge in [0.25, 0.3) is 0 Å². The van der Waals surface area contributed by atoms with Crippen molar-refractivity contribution in [3.05, 3.63) is 34.9 Å². The summed E-state index contributed by atoms with van der Waals surface area (Å²) in [6, 6.07) is 8.34. The lowest BCUT2D eigenvalue weighted by atomic mass is 9.72. The van der Waals surface area contributed by atoms with Crippen molar-refractivity contribution < 1.29 is 4.55 Å². The predicted octanol–water partition coefficient (Wildman–Crippen LogP) is 4.09. The lowest BCUT2D eigenvalue weighted by Crippen LogP contribution is -2.53. The van der Waals surface area contributed by atoms with Gasteiger partial charge < -0.3 is 4.55 Å². The molecule has 1 aliphatic carbocycles. The van der Waals surface area contributed by atoms with Crippen LogP contribution in [0.3, 0.4) is 0 Å². The molecule has 1 aromatic carbocycles. The molecule has 148 valence electrons. The van der Waals surface area contributed by atoms with Gasteiger partial charge in [-0.15, -0.1) is 4.72 Å². The van der Waals surface area contributed by atoms with Crippen molar-refractivity contribution in [1.82, 2.24) is 9.62 Å². The van der Waals surface area contributed by atoms with Crippen LogP contribution < -0.4 is 4.72 Å². The van der Waals surface area contributed by atoms with Crippen molar-refractivity contribution in [1.29, 1.82) is 5.26 Å². The maximum atomic E-state index is 13.0. The zero-order valence-electron chi connectivity index (χ0n) is 17.6. The Morgan fingerprint density at radius 1 is 1.19 bits per heavy atom. The zero-order valence-corrected chi connectivity index (χ0v) is 18.4. The molecule has 0 amide bonds. The second-order valence-electron chi connectivity index (χ2n) is 10.2. The molecule has 2 atom stereocenters. The Kier molecular flexibility index (Phi) is 5.42. The highest BCUT2D eigenvalue weighted by Gasteiger charge is 2.51. The van der Waals surface area contributed by atoms with Crippen LogP contribution in [0, 0.1) is 16.7 Å². The van der Waals surface area contributed by atoms with Gasteiger partial charge in [-0.25, -0.2) is 0 Å². The van der Waals surface area contributed by atoms with E-state index in [1.165, 1.54) is 11.1 Å². The van der Waals surface area contributed by atoms with E-state index in [2.05, 4.69) is 42.5 Å². The van der Waals surface area contributed by atoms with Gasteiger partial charge in [0.2, 0.25) is 0 Å². The maximum Gasteiger partial charge on any atom is 0.136 e. The summed E-state index contributed by atoms with van der Waals surface area (Å²) >= 11 is -1.14. The van der Waals surface area contributed by atoms with Crippen molar-refractivity contribution in [3.8, 4) is 6.07 Å². The van der Waals surface area contributed by atoms with E-state index in [4.69, 9.17) is 0 Å². The molecule has 5 heteroatoms. The number of rotatable bonds is 2. The first-order chi connectivity index (χ1) is 12.5. The minimum absolute atomic E-state index is 0.0444. The summed E-state index contributed by atoms with van der Waals surface area (Å²) in [5.74, 6) is 0. The topological polar surface area (TPSA) is 62.1 Å². The number of nitrogens with one attached hydrogen (secondary N) is 1. The molecular formula is C22H33N3OS. The third kappa shape index (κ3) is 4.05. The number of piperidine rings is 1. The van der Waals surface area contributed by atoms with Crippen LogP contribution in [0.5, 0.6) is 0 Å². The van der Waals surface area contributed by atoms with E-state index in [9.17, 15) is 9.81 Å². The van der Waals surface area contributed by atoms with Crippen LogP contribution in [-0.4, -0.2) is 32.8 Å². The largest absolute Gasteiger partial charge is 0.598 e. The molecule has 1 fully saturated rings. The molecule has 1 N–H and O–H groups in total. The fourth-order valence-electron chi connectivity index (χ4n) is 4.47. The highest BCUT2D eigenvalue weighted by atomic mass is 32.2. The van der Waals surface area contributed by atoms with Crippen LogP contribution in [-0.2, 0) is 17.8 Å². The van der Waals surface area contributed by atoms with Crippen molar-refractivity contribution in [3.63, 3.8) is 0 Å². The van der Waals surface area contributed by atoms with Gasteiger partial charge in [-0.1, -0.05) is 6.07 Å². The van der Waals surface area contributed by atoms with E-state index in [-0.39, 0.29) is 21.7 Å². The number of likely N-dealkylation sites (tertiary alicyclic amines) is 1. The van der Waals surface area contributed by atoms with Crippen molar-refractivity contribution >= 4 is 11.4 Å². The van der Waals surface area contributed by atoms with E-state index in [1.807, 2.05) is 32.9 Å². The number of hydrogen-bond donors (Lipinski definition) is 1. The summed E-state index contributed by atoms with van der Waals surface area (Å²) in [6.45, 7) is 15.0. The molecule has 1 aliphatic heterocycles. The highest BCUT2D eigenvalue weighted by molar-refractivity contribution is 7.90. The van der Waals surface area contributed by atoms with Gasteiger partial charge >= 0.3 is 0 Å². The molecule has 1 aromatic rings. The van der Waals surface area contributed by atoms with Gasteiger partial charge in [-0.05, 0) is 97.2 Å². The van der Waals surface area contributed by atoms with Gasteiger partial charge in [0.05, 0.1) is 17.7 Å². The molecule has 2 aliphatic rings. The Morgan fingerprint density at radius 3 is 2.33 bits per heavy atom. The smallest absolute Gasteiger partial charge is 0.136 e. The normalized spacial score (nSPS) is 23.9. The van der Waals surface area contributed by atoms with Gasteiger partial charge in [0.15, 0.2) is 0 Å². The SMILES string of the molecule is CC(C)(C)N1CCC2(CC1)Cc1ccc(C#N)cc1C2N[S+]([O-])C(C)(C)C. The van der Waals surface area contributed by atoms with E-state index in [1.54, 1.807) is 0 Å². The number of nitrogens with zero attached hydrogens (tertiary/aromatic N) is 2. The van der Waals surface area contributed by atoms with Crippen LogP contribution in [0.1, 0.15) is 77.1 Å². The average Bonchev–Trinajstić information content (AvgIpc) is 2.86. The van der Waals surface area contributed by atoms with Crippen LogP contribution in [0.25, 0.3) is 0 Å². The lowest BCUT2D eigenvalue weighted by molar-refractivity contribution is 0.0315. The second kappa shape index (κ2) is 7.08. The summed E-state index contributed by atoms with van der Waals surface area (Å²) in [5.41, 5.74) is 3.43. The lowest BCUT2D eigenvalue weighted by Gasteiger charge is -2.47. The Bertz CT molecular complexity index is 733. The molecular weight excluding hydrogens is 354 g/mol. The average molecular weight is 388 g/mol.